The second kappa shape index (κ2) is 5.27. The Labute approximate surface area is 118 Å². The fourth-order valence-electron chi connectivity index (χ4n) is 3.16. The van der Waals surface area contributed by atoms with Crippen molar-refractivity contribution in [3.63, 3.8) is 0 Å². The van der Waals surface area contributed by atoms with Crippen molar-refractivity contribution in [2.24, 2.45) is 0 Å². The maximum Gasteiger partial charge on any atom is 0.132 e. The van der Waals surface area contributed by atoms with Gasteiger partial charge in [0.1, 0.15) is 23.2 Å². The molecule has 0 aliphatic heterocycles. The Bertz CT molecular complexity index is 612. The van der Waals surface area contributed by atoms with Crippen LogP contribution >= 0.6 is 0 Å². The Morgan fingerprint density at radius 2 is 2.00 bits per heavy atom. The fraction of sp³-hybridized carbons (Fsp3) is 0.438. The van der Waals surface area contributed by atoms with Crippen molar-refractivity contribution in [1.29, 1.82) is 0 Å². The number of nitrogen functional groups attached to an aromatic ring is 1. The van der Waals surface area contributed by atoms with E-state index in [1.807, 2.05) is 10.6 Å². The van der Waals surface area contributed by atoms with Crippen molar-refractivity contribution in [2.75, 3.05) is 5.73 Å². The van der Waals surface area contributed by atoms with E-state index in [9.17, 15) is 4.39 Å². The van der Waals surface area contributed by atoms with E-state index in [0.717, 1.165) is 25.2 Å². The van der Waals surface area contributed by atoms with Gasteiger partial charge in [-0.25, -0.2) is 9.37 Å². The Morgan fingerprint density at radius 1 is 1.30 bits per heavy atom. The fourth-order valence-corrected chi connectivity index (χ4v) is 3.16. The van der Waals surface area contributed by atoms with Crippen molar-refractivity contribution in [3.05, 3.63) is 35.9 Å². The molecule has 0 atom stereocenters. The summed E-state index contributed by atoms with van der Waals surface area (Å²) in [6.07, 6.45) is 4.81. The van der Waals surface area contributed by atoms with Crippen LogP contribution in [0.25, 0.3) is 11.3 Å². The van der Waals surface area contributed by atoms with Crippen molar-refractivity contribution < 1.29 is 4.39 Å². The average Bonchev–Trinajstić information content (AvgIpc) is 3.07. The van der Waals surface area contributed by atoms with Gasteiger partial charge >= 0.3 is 0 Å². The first kappa shape index (κ1) is 13.2. The van der Waals surface area contributed by atoms with Gasteiger partial charge in [-0.1, -0.05) is 25.0 Å². The molecule has 0 spiro atoms. The van der Waals surface area contributed by atoms with Gasteiger partial charge in [-0.05, 0) is 31.9 Å². The molecule has 20 heavy (non-hydrogen) atoms. The van der Waals surface area contributed by atoms with Crippen LogP contribution in [-0.4, -0.2) is 9.55 Å². The topological polar surface area (TPSA) is 43.8 Å². The zero-order valence-electron chi connectivity index (χ0n) is 11.8. The van der Waals surface area contributed by atoms with Gasteiger partial charge in [-0.2, -0.15) is 0 Å². The van der Waals surface area contributed by atoms with E-state index < -0.39 is 0 Å². The molecule has 3 rings (SSSR count). The van der Waals surface area contributed by atoms with E-state index in [1.54, 1.807) is 12.1 Å². The zero-order chi connectivity index (χ0) is 14.1. The number of halogens is 1. The van der Waals surface area contributed by atoms with E-state index in [1.165, 1.54) is 18.9 Å². The largest absolute Gasteiger partial charge is 0.383 e. The third-order valence-corrected chi connectivity index (χ3v) is 4.20. The number of hydrogen-bond acceptors (Lipinski definition) is 2. The summed E-state index contributed by atoms with van der Waals surface area (Å²) in [6.45, 7) is 2.83. The molecular weight excluding hydrogens is 253 g/mol. The van der Waals surface area contributed by atoms with Crippen LogP contribution in [0, 0.1) is 5.82 Å². The average molecular weight is 273 g/mol. The lowest BCUT2D eigenvalue weighted by molar-refractivity contribution is 0.604. The Morgan fingerprint density at radius 3 is 2.65 bits per heavy atom. The normalized spacial score (nSPS) is 15.9. The molecule has 2 N–H and O–H groups in total. The molecule has 0 amide bonds. The summed E-state index contributed by atoms with van der Waals surface area (Å²) >= 11 is 0. The highest BCUT2D eigenvalue weighted by Crippen LogP contribution is 2.37. The zero-order valence-corrected chi connectivity index (χ0v) is 11.8. The number of aromatic nitrogens is 2. The van der Waals surface area contributed by atoms with Gasteiger partial charge in [0.15, 0.2) is 0 Å². The SMILES string of the molecule is CCn1c(C2CCCC2)nc(-c2ccccc2F)c1N. The second-order valence-electron chi connectivity index (χ2n) is 5.41. The third kappa shape index (κ3) is 2.09. The van der Waals surface area contributed by atoms with Crippen LogP contribution in [-0.2, 0) is 6.54 Å². The van der Waals surface area contributed by atoms with Crippen LogP contribution in [0.4, 0.5) is 10.2 Å². The molecule has 0 saturated heterocycles. The smallest absolute Gasteiger partial charge is 0.132 e. The van der Waals surface area contributed by atoms with Crippen LogP contribution in [0.5, 0.6) is 0 Å². The predicted octanol–water partition coefficient (Wildman–Crippen LogP) is 3.95. The first-order valence-electron chi connectivity index (χ1n) is 7.33. The Hall–Kier alpha value is -1.84. The summed E-state index contributed by atoms with van der Waals surface area (Å²) in [4.78, 5) is 4.69. The summed E-state index contributed by atoms with van der Waals surface area (Å²) < 4.78 is 16.0. The Balaban J connectivity index is 2.11. The molecule has 1 saturated carbocycles. The molecule has 3 nitrogen and oxygen atoms in total. The molecule has 4 heteroatoms. The summed E-state index contributed by atoms with van der Waals surface area (Å²) in [7, 11) is 0. The number of hydrogen-bond donors (Lipinski definition) is 1. The minimum atomic E-state index is -0.266. The molecule has 1 aliphatic carbocycles. The van der Waals surface area contributed by atoms with Gasteiger partial charge in [0.25, 0.3) is 0 Å². The van der Waals surface area contributed by atoms with E-state index in [4.69, 9.17) is 10.7 Å². The van der Waals surface area contributed by atoms with Crippen LogP contribution in [0.3, 0.4) is 0 Å². The number of nitrogens with two attached hydrogens (primary N) is 1. The predicted molar refractivity (Wildman–Crippen MR) is 78.9 cm³/mol. The standard InChI is InChI=1S/C16H20FN3/c1-2-20-15(18)14(12-9-5-6-10-13(12)17)19-16(20)11-7-3-4-8-11/h5-6,9-11H,2-4,7-8,18H2,1H3. The number of nitrogens with zero attached hydrogens (tertiary/aromatic N) is 2. The minimum Gasteiger partial charge on any atom is -0.383 e. The molecule has 0 radical (unpaired) electrons. The summed E-state index contributed by atoms with van der Waals surface area (Å²) in [5.41, 5.74) is 7.30. The van der Waals surface area contributed by atoms with Gasteiger partial charge in [0.05, 0.1) is 0 Å². The lowest BCUT2D eigenvalue weighted by atomic mass is 10.1. The first-order chi connectivity index (χ1) is 9.72. The van der Waals surface area contributed by atoms with Gasteiger partial charge in [0.2, 0.25) is 0 Å². The molecular formula is C16H20FN3. The number of benzene rings is 1. The number of anilines is 1. The maximum absolute atomic E-state index is 14.0. The van der Waals surface area contributed by atoms with Gasteiger partial charge in [-0.3, -0.25) is 0 Å². The Kier molecular flexibility index (Phi) is 3.47. The van der Waals surface area contributed by atoms with Crippen molar-refractivity contribution in [3.8, 4) is 11.3 Å². The van der Waals surface area contributed by atoms with Crippen molar-refractivity contribution in [2.45, 2.75) is 45.1 Å². The van der Waals surface area contributed by atoms with E-state index >= 15 is 0 Å². The molecule has 0 bridgehead atoms. The molecule has 1 fully saturated rings. The first-order valence-corrected chi connectivity index (χ1v) is 7.33. The summed E-state index contributed by atoms with van der Waals surface area (Å²) in [5.74, 6) is 1.82. The quantitative estimate of drug-likeness (QED) is 0.920. The van der Waals surface area contributed by atoms with E-state index in [0.29, 0.717) is 23.0 Å². The minimum absolute atomic E-state index is 0.266. The summed E-state index contributed by atoms with van der Waals surface area (Å²) in [5, 5.41) is 0. The van der Waals surface area contributed by atoms with Crippen LogP contribution < -0.4 is 5.73 Å². The molecule has 1 aromatic heterocycles. The molecule has 1 aliphatic rings. The highest BCUT2D eigenvalue weighted by atomic mass is 19.1. The van der Waals surface area contributed by atoms with E-state index in [-0.39, 0.29) is 5.82 Å². The molecule has 106 valence electrons. The maximum atomic E-state index is 14.0. The summed E-state index contributed by atoms with van der Waals surface area (Å²) in [6, 6.07) is 6.70. The van der Waals surface area contributed by atoms with Crippen molar-refractivity contribution in [1.82, 2.24) is 9.55 Å². The lowest BCUT2D eigenvalue weighted by Gasteiger charge is -2.11. The van der Waals surface area contributed by atoms with Gasteiger partial charge in [-0.15, -0.1) is 0 Å². The van der Waals surface area contributed by atoms with Gasteiger partial charge < -0.3 is 10.3 Å². The molecule has 1 aromatic carbocycles. The monoisotopic (exact) mass is 273 g/mol. The van der Waals surface area contributed by atoms with Crippen LogP contribution in [0.1, 0.15) is 44.3 Å². The van der Waals surface area contributed by atoms with Gasteiger partial charge in [0, 0.05) is 18.0 Å². The molecule has 1 heterocycles. The van der Waals surface area contributed by atoms with Crippen molar-refractivity contribution >= 4 is 5.82 Å². The van der Waals surface area contributed by atoms with Crippen LogP contribution in [0.15, 0.2) is 24.3 Å². The van der Waals surface area contributed by atoms with E-state index in [2.05, 4.69) is 6.92 Å². The van der Waals surface area contributed by atoms with Crippen LogP contribution in [0.2, 0.25) is 0 Å². The highest BCUT2D eigenvalue weighted by Gasteiger charge is 2.25. The third-order valence-electron chi connectivity index (χ3n) is 4.20. The molecule has 2 aromatic rings. The lowest BCUT2D eigenvalue weighted by Crippen LogP contribution is -2.08. The number of rotatable bonds is 3. The molecule has 0 unspecified atom stereocenters. The number of imidazole rings is 1. The second-order valence-corrected chi connectivity index (χ2v) is 5.41. The highest BCUT2D eigenvalue weighted by molar-refractivity contribution is 5.71.